The van der Waals surface area contributed by atoms with Gasteiger partial charge in [0.2, 0.25) is 0 Å². The quantitative estimate of drug-likeness (QED) is 0.647. The second kappa shape index (κ2) is 10.3. The Morgan fingerprint density at radius 2 is 1.75 bits per heavy atom. The number of hydrogen-bond acceptors (Lipinski definition) is 3. The van der Waals surface area contributed by atoms with Crippen LogP contribution < -0.4 is 10.1 Å². The molecule has 0 spiro atoms. The van der Waals surface area contributed by atoms with Gasteiger partial charge in [0, 0.05) is 10.6 Å². The first-order chi connectivity index (χ1) is 11.6. The molecular formula is C19H25ClNO3+. The highest BCUT2D eigenvalue weighted by molar-refractivity contribution is 6.30. The van der Waals surface area contributed by atoms with Gasteiger partial charge in [0.1, 0.15) is 31.0 Å². The van der Waals surface area contributed by atoms with Crippen LogP contribution in [0.15, 0.2) is 54.6 Å². The van der Waals surface area contributed by atoms with Gasteiger partial charge in [0.25, 0.3) is 0 Å². The fraction of sp³-hybridized carbons (Fsp3) is 0.368. The summed E-state index contributed by atoms with van der Waals surface area (Å²) >= 11 is 5.81. The second-order valence-corrected chi connectivity index (χ2v) is 6.14. The van der Waals surface area contributed by atoms with E-state index in [0.717, 1.165) is 5.75 Å². The normalized spacial score (nSPS) is 13.5. The predicted molar refractivity (Wildman–Crippen MR) is 95.4 cm³/mol. The summed E-state index contributed by atoms with van der Waals surface area (Å²) in [5.41, 5.74) is 1.25. The first-order valence-electron chi connectivity index (χ1n) is 8.17. The Morgan fingerprint density at radius 3 is 2.46 bits per heavy atom. The molecule has 0 saturated carbocycles. The Labute approximate surface area is 148 Å². The fourth-order valence-electron chi connectivity index (χ4n) is 2.29. The first kappa shape index (κ1) is 18.7. The van der Waals surface area contributed by atoms with Crippen molar-refractivity contribution in [1.29, 1.82) is 0 Å². The zero-order valence-electron chi connectivity index (χ0n) is 13.9. The van der Waals surface area contributed by atoms with E-state index in [4.69, 9.17) is 21.1 Å². The summed E-state index contributed by atoms with van der Waals surface area (Å²) in [7, 11) is 0. The lowest BCUT2D eigenvalue weighted by molar-refractivity contribution is -0.698. The minimum Gasteiger partial charge on any atom is -0.491 e. The van der Waals surface area contributed by atoms with Crippen LogP contribution in [0.4, 0.5) is 0 Å². The minimum atomic E-state index is -0.494. The van der Waals surface area contributed by atoms with Gasteiger partial charge in [-0.2, -0.15) is 0 Å². The average molecular weight is 351 g/mol. The van der Waals surface area contributed by atoms with E-state index in [-0.39, 0.29) is 0 Å². The number of aliphatic hydroxyl groups excluding tert-OH is 1. The SMILES string of the molecule is C[C@@H]([NH2+]C[C@@H](O)COCCOc1ccc(Cl)cc1)c1ccccc1. The molecule has 2 aromatic rings. The molecule has 0 aliphatic heterocycles. The van der Waals surface area contributed by atoms with Crippen molar-refractivity contribution in [3.05, 3.63) is 65.2 Å². The molecule has 4 nitrogen and oxygen atoms in total. The zero-order chi connectivity index (χ0) is 17.2. The molecule has 0 fully saturated rings. The van der Waals surface area contributed by atoms with Crippen molar-refractivity contribution in [1.82, 2.24) is 0 Å². The molecule has 0 aliphatic rings. The number of aliphatic hydroxyl groups is 1. The highest BCUT2D eigenvalue weighted by atomic mass is 35.5. The van der Waals surface area contributed by atoms with E-state index in [1.54, 1.807) is 12.1 Å². The molecule has 0 aliphatic carbocycles. The van der Waals surface area contributed by atoms with Gasteiger partial charge in [-0.15, -0.1) is 0 Å². The maximum absolute atomic E-state index is 9.98. The van der Waals surface area contributed by atoms with E-state index >= 15 is 0 Å². The van der Waals surface area contributed by atoms with Gasteiger partial charge < -0.3 is 19.9 Å². The summed E-state index contributed by atoms with van der Waals surface area (Å²) in [6.07, 6.45) is -0.494. The third kappa shape index (κ3) is 6.89. The maximum atomic E-state index is 9.98. The van der Waals surface area contributed by atoms with Crippen LogP contribution in [-0.4, -0.2) is 37.6 Å². The second-order valence-electron chi connectivity index (χ2n) is 5.70. The summed E-state index contributed by atoms with van der Waals surface area (Å²) in [5.74, 6) is 0.758. The number of halogens is 1. The molecule has 3 N–H and O–H groups in total. The molecule has 0 unspecified atom stereocenters. The molecule has 0 bridgehead atoms. The standard InChI is InChI=1S/C19H24ClNO3/c1-15(16-5-3-2-4-6-16)21-13-18(22)14-23-11-12-24-19-9-7-17(20)8-10-19/h2-10,15,18,21-22H,11-14H2,1H3/p+1/t15-,18-/m1/s1. The van der Waals surface area contributed by atoms with E-state index in [0.29, 0.717) is 37.4 Å². The first-order valence-corrected chi connectivity index (χ1v) is 8.55. The molecule has 130 valence electrons. The molecule has 0 aromatic heterocycles. The lowest BCUT2D eigenvalue weighted by atomic mass is 10.1. The van der Waals surface area contributed by atoms with Crippen molar-refractivity contribution in [2.75, 3.05) is 26.4 Å². The molecule has 24 heavy (non-hydrogen) atoms. The highest BCUT2D eigenvalue weighted by Crippen LogP contribution is 2.15. The Hall–Kier alpha value is -1.59. The number of rotatable bonds is 10. The van der Waals surface area contributed by atoms with Gasteiger partial charge in [-0.25, -0.2) is 0 Å². The zero-order valence-corrected chi connectivity index (χ0v) is 14.7. The lowest BCUT2D eigenvalue weighted by Gasteiger charge is -2.15. The Kier molecular flexibility index (Phi) is 8.05. The molecule has 0 heterocycles. The largest absolute Gasteiger partial charge is 0.491 e. The van der Waals surface area contributed by atoms with Crippen LogP contribution in [0.1, 0.15) is 18.5 Å². The number of nitrogens with two attached hydrogens (primary N) is 1. The van der Waals surface area contributed by atoms with Crippen LogP contribution in [-0.2, 0) is 4.74 Å². The van der Waals surface area contributed by atoms with E-state index in [2.05, 4.69) is 24.4 Å². The van der Waals surface area contributed by atoms with Crippen LogP contribution in [0.3, 0.4) is 0 Å². The molecule has 2 rings (SSSR count). The Balaban J connectivity index is 1.55. The van der Waals surface area contributed by atoms with Gasteiger partial charge in [0.05, 0.1) is 13.2 Å². The molecule has 0 amide bonds. The van der Waals surface area contributed by atoms with Crippen LogP contribution in [0, 0.1) is 0 Å². The van der Waals surface area contributed by atoms with Crippen molar-refractivity contribution in [2.45, 2.75) is 19.1 Å². The topological polar surface area (TPSA) is 55.3 Å². The minimum absolute atomic E-state index is 0.308. The maximum Gasteiger partial charge on any atom is 0.126 e. The van der Waals surface area contributed by atoms with Crippen LogP contribution >= 0.6 is 11.6 Å². The van der Waals surface area contributed by atoms with Gasteiger partial charge in [-0.05, 0) is 31.2 Å². The molecule has 2 atom stereocenters. The molecule has 0 saturated heterocycles. The van der Waals surface area contributed by atoms with Crippen molar-refractivity contribution in [3.8, 4) is 5.75 Å². The summed E-state index contributed by atoms with van der Waals surface area (Å²) < 4.78 is 11.0. The predicted octanol–water partition coefficient (Wildman–Crippen LogP) is 2.42. The Morgan fingerprint density at radius 1 is 1.04 bits per heavy atom. The van der Waals surface area contributed by atoms with Crippen molar-refractivity contribution in [2.24, 2.45) is 0 Å². The molecular weight excluding hydrogens is 326 g/mol. The Bertz CT molecular complexity index is 577. The van der Waals surface area contributed by atoms with Crippen LogP contribution in [0.2, 0.25) is 5.02 Å². The number of quaternary nitrogens is 1. The van der Waals surface area contributed by atoms with E-state index in [1.165, 1.54) is 5.56 Å². The van der Waals surface area contributed by atoms with Crippen LogP contribution in [0.25, 0.3) is 0 Å². The third-order valence-corrected chi connectivity index (χ3v) is 3.96. The van der Waals surface area contributed by atoms with Gasteiger partial charge >= 0.3 is 0 Å². The smallest absolute Gasteiger partial charge is 0.126 e. The summed E-state index contributed by atoms with van der Waals surface area (Å²) in [6.45, 7) is 3.92. The van der Waals surface area contributed by atoms with Gasteiger partial charge in [-0.3, -0.25) is 0 Å². The lowest BCUT2D eigenvalue weighted by Crippen LogP contribution is -2.87. The average Bonchev–Trinajstić information content (AvgIpc) is 2.61. The fourth-order valence-corrected chi connectivity index (χ4v) is 2.42. The number of hydrogen-bond donors (Lipinski definition) is 2. The van der Waals surface area contributed by atoms with Gasteiger partial charge in [0.15, 0.2) is 0 Å². The summed E-state index contributed by atoms with van der Waals surface area (Å²) in [4.78, 5) is 0. The third-order valence-electron chi connectivity index (χ3n) is 3.71. The highest BCUT2D eigenvalue weighted by Gasteiger charge is 2.12. The molecule has 2 aromatic carbocycles. The summed E-state index contributed by atoms with van der Waals surface area (Å²) in [6, 6.07) is 17.8. The monoisotopic (exact) mass is 350 g/mol. The van der Waals surface area contributed by atoms with Crippen molar-refractivity contribution >= 4 is 11.6 Å². The van der Waals surface area contributed by atoms with Crippen LogP contribution in [0.5, 0.6) is 5.75 Å². The van der Waals surface area contributed by atoms with E-state index in [9.17, 15) is 5.11 Å². The van der Waals surface area contributed by atoms with E-state index < -0.39 is 6.10 Å². The van der Waals surface area contributed by atoms with Crippen molar-refractivity contribution in [3.63, 3.8) is 0 Å². The number of ether oxygens (including phenoxy) is 2. The summed E-state index contributed by atoms with van der Waals surface area (Å²) in [5, 5.41) is 12.8. The number of benzene rings is 2. The van der Waals surface area contributed by atoms with Gasteiger partial charge in [-0.1, -0.05) is 41.9 Å². The van der Waals surface area contributed by atoms with E-state index in [1.807, 2.05) is 30.3 Å². The molecule has 5 heteroatoms. The van der Waals surface area contributed by atoms with Crippen molar-refractivity contribution < 1.29 is 19.9 Å². The molecule has 0 radical (unpaired) electrons.